The van der Waals surface area contributed by atoms with Gasteiger partial charge in [0.15, 0.2) is 11.5 Å². The number of carbonyl (C=O) groups excluding carboxylic acids is 1. The van der Waals surface area contributed by atoms with Gasteiger partial charge in [0.1, 0.15) is 5.76 Å². The lowest BCUT2D eigenvalue weighted by molar-refractivity contribution is -0.118. The molecule has 0 bridgehead atoms. The number of benzene rings is 1. The molecule has 2 rings (SSSR count). The van der Waals surface area contributed by atoms with Crippen molar-refractivity contribution in [1.82, 2.24) is 9.69 Å². The molecular weight excluding hydrogens is 416 g/mol. The molecule has 0 fully saturated rings. The van der Waals surface area contributed by atoms with Crippen molar-refractivity contribution in [3.63, 3.8) is 0 Å². The van der Waals surface area contributed by atoms with Crippen molar-refractivity contribution in [2.24, 2.45) is 5.92 Å². The number of rotatable bonds is 9. The Hall–Kier alpha value is -3.00. The molecule has 8 heteroatoms. The second kappa shape index (κ2) is 10.9. The van der Waals surface area contributed by atoms with Crippen molar-refractivity contribution in [3.8, 4) is 28.5 Å². The number of carbonyl (C=O) groups is 1. The third-order valence-electron chi connectivity index (χ3n) is 4.74. The van der Waals surface area contributed by atoms with E-state index in [4.69, 9.17) is 18.9 Å². The maximum Gasteiger partial charge on any atom is 0.221 e. The summed E-state index contributed by atoms with van der Waals surface area (Å²) in [4.78, 5) is 11.7. The molecule has 0 radical (unpaired) electrons. The van der Waals surface area contributed by atoms with Gasteiger partial charge < -0.3 is 24.3 Å². The zero-order valence-corrected chi connectivity index (χ0v) is 20.1. The van der Waals surface area contributed by atoms with E-state index < -0.39 is 0 Å². The fraction of sp³-hybridized carbons (Fsp3) is 0.391. The topological polar surface area (TPSA) is 78.9 Å². The summed E-state index contributed by atoms with van der Waals surface area (Å²) in [5.41, 5.74) is 4.21. The van der Waals surface area contributed by atoms with Crippen LogP contribution in [0.25, 0.3) is 16.8 Å². The number of methoxy groups -OCH3 is 4. The summed E-state index contributed by atoms with van der Waals surface area (Å²) in [6, 6.07) is 3.76. The van der Waals surface area contributed by atoms with Crippen molar-refractivity contribution >= 4 is 23.0 Å². The fourth-order valence-electron chi connectivity index (χ4n) is 3.10. The van der Waals surface area contributed by atoms with E-state index in [0.717, 1.165) is 22.4 Å². The number of aromatic nitrogens is 1. The molecule has 1 amide bonds. The first-order valence-electron chi connectivity index (χ1n) is 9.76. The zero-order valence-electron chi connectivity index (χ0n) is 19.3. The van der Waals surface area contributed by atoms with Gasteiger partial charge in [0.2, 0.25) is 11.7 Å². The highest BCUT2D eigenvalue weighted by Gasteiger charge is 2.21. The summed E-state index contributed by atoms with van der Waals surface area (Å²) < 4.78 is 26.5. The number of nitrogens with zero attached hydrogens (tertiary/aromatic N) is 1. The van der Waals surface area contributed by atoms with Gasteiger partial charge in [-0.05, 0) is 48.2 Å². The van der Waals surface area contributed by atoms with E-state index in [0.29, 0.717) is 28.7 Å². The highest BCUT2D eigenvalue weighted by Crippen LogP contribution is 2.43. The molecule has 0 saturated carbocycles. The van der Waals surface area contributed by atoms with E-state index in [1.807, 2.05) is 30.5 Å². The summed E-state index contributed by atoms with van der Waals surface area (Å²) in [6.07, 6.45) is 1.94. The van der Waals surface area contributed by atoms with Gasteiger partial charge in [0.25, 0.3) is 0 Å². The van der Waals surface area contributed by atoms with Gasteiger partial charge >= 0.3 is 0 Å². The number of hydrogen-bond donors (Lipinski definition) is 1. The number of ether oxygens (including phenoxy) is 4. The minimum atomic E-state index is -0.168. The molecule has 0 aliphatic carbocycles. The van der Waals surface area contributed by atoms with Crippen LogP contribution < -0.4 is 19.5 Å². The Kier molecular flexibility index (Phi) is 8.50. The molecule has 0 aliphatic heterocycles. The number of nitrogens with one attached hydrogen (secondary N) is 1. The average molecular weight is 447 g/mol. The van der Waals surface area contributed by atoms with Crippen molar-refractivity contribution < 1.29 is 23.7 Å². The molecule has 1 heterocycles. The minimum absolute atomic E-state index is 0.158. The van der Waals surface area contributed by atoms with Crippen LogP contribution in [-0.4, -0.2) is 38.7 Å². The van der Waals surface area contributed by atoms with Gasteiger partial charge in [-0.3, -0.25) is 4.79 Å². The molecule has 168 valence electrons. The highest BCUT2D eigenvalue weighted by molar-refractivity contribution is 7.04. The van der Waals surface area contributed by atoms with E-state index in [9.17, 15) is 4.79 Å². The van der Waals surface area contributed by atoms with Crippen LogP contribution in [0.15, 0.2) is 35.0 Å². The largest absolute Gasteiger partial charge is 0.499 e. The van der Waals surface area contributed by atoms with Gasteiger partial charge in [0.05, 0.1) is 39.8 Å². The first-order chi connectivity index (χ1) is 14.8. The first-order valence-corrected chi connectivity index (χ1v) is 10.6. The van der Waals surface area contributed by atoms with Crippen LogP contribution in [0.4, 0.5) is 0 Å². The molecule has 0 aliphatic rings. The minimum Gasteiger partial charge on any atom is -0.499 e. The number of amides is 1. The van der Waals surface area contributed by atoms with Crippen LogP contribution in [0.3, 0.4) is 0 Å². The Morgan fingerprint density at radius 2 is 1.68 bits per heavy atom. The Morgan fingerprint density at radius 1 is 1.06 bits per heavy atom. The normalized spacial score (nSPS) is 12.4. The van der Waals surface area contributed by atoms with Crippen LogP contribution in [0.5, 0.6) is 17.2 Å². The lowest BCUT2D eigenvalue weighted by Crippen LogP contribution is -2.20. The number of allylic oxidation sites excluding steroid dienone is 3. The lowest BCUT2D eigenvalue weighted by Gasteiger charge is -2.17. The third-order valence-corrected chi connectivity index (χ3v) is 5.37. The van der Waals surface area contributed by atoms with Crippen LogP contribution >= 0.6 is 11.5 Å². The molecule has 0 unspecified atom stereocenters. The lowest BCUT2D eigenvalue weighted by atomic mass is 9.92. The summed E-state index contributed by atoms with van der Waals surface area (Å²) in [5.74, 6) is 2.24. The van der Waals surface area contributed by atoms with E-state index in [1.165, 1.54) is 18.5 Å². The first kappa shape index (κ1) is 24.3. The second-order valence-corrected chi connectivity index (χ2v) is 7.73. The zero-order chi connectivity index (χ0) is 23.1. The van der Waals surface area contributed by atoms with Gasteiger partial charge in [-0.1, -0.05) is 13.8 Å². The van der Waals surface area contributed by atoms with Crippen molar-refractivity contribution in [2.45, 2.75) is 27.7 Å². The summed E-state index contributed by atoms with van der Waals surface area (Å²) in [6.45, 7) is 7.47. The molecular formula is C23H30N2O5S. The predicted molar refractivity (Wildman–Crippen MR) is 124 cm³/mol. The molecule has 7 nitrogen and oxygen atoms in total. The average Bonchev–Trinajstić information content (AvgIpc) is 3.23. The molecule has 1 aromatic carbocycles. The van der Waals surface area contributed by atoms with E-state index >= 15 is 0 Å². The van der Waals surface area contributed by atoms with Crippen molar-refractivity contribution in [1.29, 1.82) is 0 Å². The van der Waals surface area contributed by atoms with Crippen LogP contribution in [0.1, 0.15) is 33.3 Å². The SMILES string of the molecule is CO/C(C)=C(/C=C(/c1csnc1-c1cc(OC)c(OC)c(OC)c1)C(C)C)NC(C)=O. The molecule has 0 atom stereocenters. The third kappa shape index (κ3) is 5.58. The second-order valence-electron chi connectivity index (χ2n) is 7.10. The van der Waals surface area contributed by atoms with E-state index in [1.54, 1.807) is 28.4 Å². The van der Waals surface area contributed by atoms with Gasteiger partial charge in [-0.25, -0.2) is 0 Å². The summed E-state index contributed by atoms with van der Waals surface area (Å²) in [7, 11) is 6.32. The standard InChI is InChI=1S/C23H30N2O5S/c1-13(2)17(11-19(14(3)27-5)24-15(4)26)18-12-31-25-22(18)16-9-20(28-6)23(30-8)21(10-16)29-7/h9-13H,1-8H3,(H,24,26)/b17-11+,19-14-. The monoisotopic (exact) mass is 446 g/mol. The fourth-order valence-corrected chi connectivity index (χ4v) is 3.82. The van der Waals surface area contributed by atoms with Crippen molar-refractivity contribution in [3.05, 3.63) is 40.6 Å². The molecule has 1 aromatic heterocycles. The Labute approximate surface area is 187 Å². The van der Waals surface area contributed by atoms with Gasteiger partial charge in [-0.15, -0.1) is 0 Å². The van der Waals surface area contributed by atoms with Gasteiger partial charge in [0, 0.05) is 23.4 Å². The van der Waals surface area contributed by atoms with Crippen LogP contribution in [0, 0.1) is 5.92 Å². The maximum absolute atomic E-state index is 11.7. The molecule has 31 heavy (non-hydrogen) atoms. The van der Waals surface area contributed by atoms with Crippen LogP contribution in [0.2, 0.25) is 0 Å². The predicted octanol–water partition coefficient (Wildman–Crippen LogP) is 4.89. The van der Waals surface area contributed by atoms with Crippen molar-refractivity contribution in [2.75, 3.05) is 28.4 Å². The summed E-state index contributed by atoms with van der Waals surface area (Å²) in [5, 5.41) is 4.85. The van der Waals surface area contributed by atoms with Crippen LogP contribution in [-0.2, 0) is 9.53 Å². The maximum atomic E-state index is 11.7. The van der Waals surface area contributed by atoms with Gasteiger partial charge in [-0.2, -0.15) is 4.37 Å². The highest BCUT2D eigenvalue weighted by atomic mass is 32.1. The molecule has 0 spiro atoms. The smallest absolute Gasteiger partial charge is 0.221 e. The number of hydrogen-bond acceptors (Lipinski definition) is 7. The summed E-state index contributed by atoms with van der Waals surface area (Å²) >= 11 is 1.36. The Bertz CT molecular complexity index is 967. The Morgan fingerprint density at radius 3 is 2.13 bits per heavy atom. The molecule has 0 saturated heterocycles. The Balaban J connectivity index is 2.69. The van der Waals surface area contributed by atoms with E-state index in [2.05, 4.69) is 23.5 Å². The molecule has 1 N–H and O–H groups in total. The molecule has 2 aromatic rings. The quantitative estimate of drug-likeness (QED) is 0.436. The van der Waals surface area contributed by atoms with E-state index in [-0.39, 0.29) is 11.8 Å².